The maximum atomic E-state index is 11.9. The van der Waals surface area contributed by atoms with Gasteiger partial charge in [0.05, 0.1) is 5.69 Å². The maximum Gasteiger partial charge on any atom is 0.186 e. The van der Waals surface area contributed by atoms with Gasteiger partial charge in [0.25, 0.3) is 0 Å². The Bertz CT molecular complexity index is 559. The lowest BCUT2D eigenvalue weighted by molar-refractivity contribution is 0.104. The molecule has 0 saturated heterocycles. The predicted octanol–water partition coefficient (Wildman–Crippen LogP) is 3.05. The topological polar surface area (TPSA) is 42.9 Å². The van der Waals surface area contributed by atoms with Crippen LogP contribution in [0.15, 0.2) is 29.7 Å². The molecule has 0 aliphatic rings. The van der Waals surface area contributed by atoms with E-state index in [-0.39, 0.29) is 5.78 Å². The van der Waals surface area contributed by atoms with Crippen molar-refractivity contribution in [2.45, 2.75) is 13.8 Å². The quantitative estimate of drug-likeness (QED) is 0.615. The second-order valence-electron chi connectivity index (χ2n) is 3.85. The standard InChI is InChI=1S/C13H12N2OS/c1-9-3-5-12(10(2)7-9)13(16)6-4-11-8-17-15-14-11/h3-8H,1-2H3. The summed E-state index contributed by atoms with van der Waals surface area (Å²) in [5, 5.41) is 5.65. The zero-order chi connectivity index (χ0) is 12.3. The number of nitrogens with zero attached hydrogens (tertiary/aromatic N) is 2. The SMILES string of the molecule is Cc1ccc(C(=O)C=Cc2csnn2)c(C)c1. The number of benzene rings is 1. The number of allylic oxidation sites excluding steroid dienone is 1. The Morgan fingerprint density at radius 2 is 2.18 bits per heavy atom. The van der Waals surface area contributed by atoms with Crippen LogP contribution in [0.2, 0.25) is 0 Å². The molecule has 0 radical (unpaired) electrons. The molecule has 0 N–H and O–H groups in total. The van der Waals surface area contributed by atoms with Crippen LogP contribution in [0.25, 0.3) is 6.08 Å². The Hall–Kier alpha value is -1.81. The van der Waals surface area contributed by atoms with E-state index in [4.69, 9.17) is 0 Å². The second kappa shape index (κ2) is 5.01. The molecule has 1 aromatic heterocycles. The van der Waals surface area contributed by atoms with Crippen molar-refractivity contribution in [1.82, 2.24) is 9.59 Å². The summed E-state index contributed by atoms with van der Waals surface area (Å²) in [5.41, 5.74) is 3.60. The first-order valence-electron chi connectivity index (χ1n) is 5.23. The minimum absolute atomic E-state index is 0.00417. The number of carbonyl (C=O) groups is 1. The molecule has 0 amide bonds. The van der Waals surface area contributed by atoms with Crippen LogP contribution in [-0.2, 0) is 0 Å². The summed E-state index contributed by atoms with van der Waals surface area (Å²) in [7, 11) is 0. The van der Waals surface area contributed by atoms with Gasteiger partial charge in [-0.25, -0.2) is 0 Å². The van der Waals surface area contributed by atoms with Crippen molar-refractivity contribution in [2.75, 3.05) is 0 Å². The maximum absolute atomic E-state index is 11.9. The van der Waals surface area contributed by atoms with Crippen molar-refractivity contribution in [3.8, 4) is 0 Å². The van der Waals surface area contributed by atoms with Crippen LogP contribution in [-0.4, -0.2) is 15.4 Å². The highest BCUT2D eigenvalue weighted by molar-refractivity contribution is 7.03. The minimum Gasteiger partial charge on any atom is -0.289 e. The molecule has 0 aliphatic heterocycles. The Kier molecular flexibility index (Phi) is 3.44. The highest BCUT2D eigenvalue weighted by Gasteiger charge is 2.05. The fourth-order valence-corrected chi connectivity index (χ4v) is 2.01. The minimum atomic E-state index is -0.00417. The van der Waals surface area contributed by atoms with Crippen LogP contribution < -0.4 is 0 Å². The first-order chi connectivity index (χ1) is 8.16. The molecule has 17 heavy (non-hydrogen) atoms. The van der Waals surface area contributed by atoms with Crippen LogP contribution in [0.4, 0.5) is 0 Å². The fraction of sp³-hybridized carbons (Fsp3) is 0.154. The van der Waals surface area contributed by atoms with E-state index in [0.717, 1.165) is 16.7 Å². The summed E-state index contributed by atoms with van der Waals surface area (Å²) in [5.74, 6) is -0.00417. The third-order valence-electron chi connectivity index (χ3n) is 2.43. The van der Waals surface area contributed by atoms with E-state index in [1.54, 1.807) is 11.5 Å². The molecule has 0 atom stereocenters. The lowest BCUT2D eigenvalue weighted by Crippen LogP contribution is -1.98. The number of aryl methyl sites for hydroxylation is 2. The molecule has 3 nitrogen and oxygen atoms in total. The Morgan fingerprint density at radius 3 is 2.82 bits per heavy atom. The number of rotatable bonds is 3. The summed E-state index contributed by atoms with van der Waals surface area (Å²) in [4.78, 5) is 11.9. The van der Waals surface area contributed by atoms with E-state index < -0.39 is 0 Å². The van der Waals surface area contributed by atoms with Crippen molar-refractivity contribution in [3.05, 3.63) is 52.0 Å². The largest absolute Gasteiger partial charge is 0.289 e. The first kappa shape index (κ1) is 11.7. The first-order valence-corrected chi connectivity index (χ1v) is 6.07. The molecule has 2 aromatic rings. The van der Waals surface area contributed by atoms with Gasteiger partial charge in [0.15, 0.2) is 5.78 Å². The molecule has 0 bridgehead atoms. The molecule has 0 unspecified atom stereocenters. The van der Waals surface area contributed by atoms with Gasteiger partial charge in [0, 0.05) is 10.9 Å². The van der Waals surface area contributed by atoms with Crippen LogP contribution in [0.1, 0.15) is 27.2 Å². The van der Waals surface area contributed by atoms with Gasteiger partial charge < -0.3 is 0 Å². The number of aromatic nitrogens is 2. The summed E-state index contributed by atoms with van der Waals surface area (Å²) in [6.07, 6.45) is 3.22. The van der Waals surface area contributed by atoms with Crippen molar-refractivity contribution < 1.29 is 4.79 Å². The van der Waals surface area contributed by atoms with E-state index in [1.165, 1.54) is 17.6 Å². The number of ketones is 1. The zero-order valence-corrected chi connectivity index (χ0v) is 10.5. The molecule has 1 heterocycles. The molecule has 4 heteroatoms. The molecule has 2 rings (SSSR count). The molecule has 0 fully saturated rings. The predicted molar refractivity (Wildman–Crippen MR) is 69.2 cm³/mol. The summed E-state index contributed by atoms with van der Waals surface area (Å²) < 4.78 is 3.73. The van der Waals surface area contributed by atoms with Gasteiger partial charge in [-0.1, -0.05) is 28.3 Å². The lowest BCUT2D eigenvalue weighted by atomic mass is 10.0. The highest BCUT2D eigenvalue weighted by Crippen LogP contribution is 2.12. The summed E-state index contributed by atoms with van der Waals surface area (Å²) >= 11 is 1.27. The van der Waals surface area contributed by atoms with Crippen molar-refractivity contribution in [1.29, 1.82) is 0 Å². The van der Waals surface area contributed by atoms with Crippen LogP contribution in [0.3, 0.4) is 0 Å². The molecule has 0 aliphatic carbocycles. The van der Waals surface area contributed by atoms with Gasteiger partial charge in [-0.05, 0) is 43.1 Å². The number of hydrogen-bond donors (Lipinski definition) is 0. The van der Waals surface area contributed by atoms with Gasteiger partial charge >= 0.3 is 0 Å². The van der Waals surface area contributed by atoms with Crippen LogP contribution >= 0.6 is 11.5 Å². The highest BCUT2D eigenvalue weighted by atomic mass is 32.1. The van der Waals surface area contributed by atoms with Gasteiger partial charge in [0.1, 0.15) is 0 Å². The third-order valence-corrected chi connectivity index (χ3v) is 2.95. The Balaban J connectivity index is 2.20. The number of hydrogen-bond acceptors (Lipinski definition) is 4. The fourth-order valence-electron chi connectivity index (χ4n) is 1.59. The zero-order valence-electron chi connectivity index (χ0n) is 9.68. The van der Waals surface area contributed by atoms with E-state index in [0.29, 0.717) is 5.69 Å². The third kappa shape index (κ3) is 2.85. The second-order valence-corrected chi connectivity index (χ2v) is 4.46. The van der Waals surface area contributed by atoms with E-state index >= 15 is 0 Å². The molecule has 86 valence electrons. The van der Waals surface area contributed by atoms with E-state index in [2.05, 4.69) is 9.59 Å². The van der Waals surface area contributed by atoms with Crippen molar-refractivity contribution in [2.24, 2.45) is 0 Å². The van der Waals surface area contributed by atoms with Gasteiger partial charge in [-0.3, -0.25) is 4.79 Å². The van der Waals surface area contributed by atoms with Crippen molar-refractivity contribution >= 4 is 23.4 Å². The molecular formula is C13H12N2OS. The monoisotopic (exact) mass is 244 g/mol. The van der Waals surface area contributed by atoms with Gasteiger partial charge in [0.2, 0.25) is 0 Å². The molecular weight excluding hydrogens is 232 g/mol. The average Bonchev–Trinajstić information content (AvgIpc) is 2.78. The summed E-state index contributed by atoms with van der Waals surface area (Å²) in [6, 6.07) is 5.81. The van der Waals surface area contributed by atoms with Crippen LogP contribution in [0.5, 0.6) is 0 Å². The van der Waals surface area contributed by atoms with E-state index in [1.807, 2.05) is 32.0 Å². The molecule has 0 spiro atoms. The van der Waals surface area contributed by atoms with Crippen molar-refractivity contribution in [3.63, 3.8) is 0 Å². The van der Waals surface area contributed by atoms with Crippen LogP contribution in [0, 0.1) is 13.8 Å². The Labute approximate surface area is 104 Å². The smallest absolute Gasteiger partial charge is 0.186 e. The molecule has 1 aromatic carbocycles. The number of carbonyl (C=O) groups excluding carboxylic acids is 1. The van der Waals surface area contributed by atoms with Gasteiger partial charge in [-0.2, -0.15) is 0 Å². The molecule has 0 saturated carbocycles. The summed E-state index contributed by atoms with van der Waals surface area (Å²) in [6.45, 7) is 3.95. The lowest BCUT2D eigenvalue weighted by Gasteiger charge is -2.02. The normalized spacial score (nSPS) is 10.9. The average molecular weight is 244 g/mol. The van der Waals surface area contributed by atoms with E-state index in [9.17, 15) is 4.79 Å². The van der Waals surface area contributed by atoms with Gasteiger partial charge in [-0.15, -0.1) is 5.10 Å². The Morgan fingerprint density at radius 1 is 1.35 bits per heavy atom.